The summed E-state index contributed by atoms with van der Waals surface area (Å²) in [5, 5.41) is 2.11. The molecule has 5 heteroatoms. The van der Waals surface area contributed by atoms with Crippen molar-refractivity contribution in [1.82, 2.24) is 0 Å². The number of unbranched alkanes of at least 4 members (excludes halogenated alkanes) is 2. The van der Waals surface area contributed by atoms with Crippen molar-refractivity contribution < 1.29 is 9.47 Å². The van der Waals surface area contributed by atoms with E-state index in [0.717, 1.165) is 63.0 Å². The number of hydrogen-bond acceptors (Lipinski definition) is 3. The second kappa shape index (κ2) is 15.4. The molecule has 0 aliphatic heterocycles. The van der Waals surface area contributed by atoms with Gasteiger partial charge in [-0.05, 0) is 37.8 Å². The lowest BCUT2D eigenvalue weighted by Crippen LogP contribution is -2.31. The Balaban J connectivity index is 2.26. The molecule has 0 N–H and O–H groups in total. The molecule has 23 heavy (non-hydrogen) atoms. The second-order valence-corrected chi connectivity index (χ2v) is 6.93. The molecule has 1 aromatic rings. The number of halogens is 2. The van der Waals surface area contributed by atoms with Crippen molar-refractivity contribution in [1.29, 1.82) is 0 Å². The Hall–Kier alpha value is -0.100. The average molecular weight is 451 g/mol. The van der Waals surface area contributed by atoms with Crippen LogP contribution < -0.4 is 4.90 Å². The van der Waals surface area contributed by atoms with Gasteiger partial charge in [0.15, 0.2) is 0 Å². The fraction of sp³-hybridized carbons (Fsp3) is 0.667. The van der Waals surface area contributed by atoms with Crippen LogP contribution in [0, 0.1) is 0 Å². The smallest absolute Gasteiger partial charge is 0.0641 e. The molecule has 0 aliphatic rings. The lowest BCUT2D eigenvalue weighted by Gasteiger charge is -2.24. The van der Waals surface area contributed by atoms with E-state index in [0.29, 0.717) is 0 Å². The summed E-state index contributed by atoms with van der Waals surface area (Å²) in [6.45, 7) is 5.03. The Bertz CT molecular complexity index is 349. The molecule has 1 rings (SSSR count). The van der Waals surface area contributed by atoms with Gasteiger partial charge in [0, 0.05) is 42.7 Å². The number of nitrogens with zero attached hydrogens (tertiary/aromatic N) is 1. The minimum atomic E-state index is 0.765. The fourth-order valence-electron chi connectivity index (χ4n) is 2.16. The molecule has 0 unspecified atom stereocenters. The molecule has 0 aromatic heterocycles. The van der Waals surface area contributed by atoms with Crippen molar-refractivity contribution in [2.45, 2.75) is 25.7 Å². The molecule has 0 bridgehead atoms. The van der Waals surface area contributed by atoms with Crippen LogP contribution in [0.1, 0.15) is 25.7 Å². The van der Waals surface area contributed by atoms with Gasteiger partial charge in [-0.1, -0.05) is 50.1 Å². The highest BCUT2D eigenvalue weighted by molar-refractivity contribution is 9.09. The van der Waals surface area contributed by atoms with E-state index in [1.165, 1.54) is 18.5 Å². The van der Waals surface area contributed by atoms with Crippen molar-refractivity contribution in [3.63, 3.8) is 0 Å². The van der Waals surface area contributed by atoms with E-state index >= 15 is 0 Å². The number of benzene rings is 1. The Morgan fingerprint density at radius 2 is 1.22 bits per heavy atom. The van der Waals surface area contributed by atoms with Crippen LogP contribution in [-0.4, -0.2) is 50.2 Å². The zero-order chi connectivity index (χ0) is 16.6. The van der Waals surface area contributed by atoms with Gasteiger partial charge in [0.05, 0.1) is 13.2 Å². The molecule has 0 spiro atoms. The number of para-hydroxylation sites is 1. The van der Waals surface area contributed by atoms with Crippen LogP contribution >= 0.6 is 31.9 Å². The summed E-state index contributed by atoms with van der Waals surface area (Å²) < 4.78 is 11.5. The molecular weight excluding hydrogens is 422 g/mol. The summed E-state index contributed by atoms with van der Waals surface area (Å²) in [5.74, 6) is 0. The monoisotopic (exact) mass is 449 g/mol. The van der Waals surface area contributed by atoms with Crippen molar-refractivity contribution in [3.05, 3.63) is 30.3 Å². The van der Waals surface area contributed by atoms with Gasteiger partial charge in [0.2, 0.25) is 0 Å². The zero-order valence-corrected chi connectivity index (χ0v) is 17.1. The summed E-state index contributed by atoms with van der Waals surface area (Å²) >= 11 is 6.89. The minimum Gasteiger partial charge on any atom is -0.380 e. The normalized spacial score (nSPS) is 10.9. The molecule has 0 radical (unpaired) electrons. The standard InChI is InChI=1S/C18H29Br2NO2/c19-10-4-6-14-22-16-12-21(18-8-2-1-3-9-18)13-17-23-15-7-5-11-20/h1-3,8-9H,4-7,10-17H2. The molecule has 0 heterocycles. The summed E-state index contributed by atoms with van der Waals surface area (Å²) in [6.07, 6.45) is 4.58. The van der Waals surface area contributed by atoms with E-state index < -0.39 is 0 Å². The largest absolute Gasteiger partial charge is 0.380 e. The third-order valence-electron chi connectivity index (χ3n) is 3.48. The maximum Gasteiger partial charge on any atom is 0.0641 e. The molecule has 0 amide bonds. The molecule has 1 aromatic carbocycles. The third kappa shape index (κ3) is 11.1. The Labute approximate surface area is 158 Å². The number of alkyl halides is 2. The summed E-state index contributed by atoms with van der Waals surface area (Å²) in [6, 6.07) is 10.5. The molecule has 0 saturated carbocycles. The highest BCUT2D eigenvalue weighted by Gasteiger charge is 2.06. The summed E-state index contributed by atoms with van der Waals surface area (Å²) in [4.78, 5) is 2.34. The Morgan fingerprint density at radius 1 is 0.696 bits per heavy atom. The number of ether oxygens (including phenoxy) is 2. The van der Waals surface area contributed by atoms with Gasteiger partial charge in [-0.2, -0.15) is 0 Å². The van der Waals surface area contributed by atoms with E-state index in [-0.39, 0.29) is 0 Å². The van der Waals surface area contributed by atoms with Crippen LogP contribution in [0.5, 0.6) is 0 Å². The van der Waals surface area contributed by atoms with Crippen molar-refractivity contribution >= 4 is 37.5 Å². The first-order chi connectivity index (χ1) is 11.4. The van der Waals surface area contributed by atoms with Crippen molar-refractivity contribution in [2.75, 3.05) is 55.1 Å². The molecule has 3 nitrogen and oxygen atoms in total. The molecule has 0 atom stereocenters. The van der Waals surface area contributed by atoms with Crippen LogP contribution in [0.2, 0.25) is 0 Å². The SMILES string of the molecule is BrCCCCOCCN(CCOCCCCBr)c1ccccc1. The number of anilines is 1. The lowest BCUT2D eigenvalue weighted by atomic mass is 10.3. The number of rotatable bonds is 15. The van der Waals surface area contributed by atoms with Gasteiger partial charge < -0.3 is 14.4 Å². The Morgan fingerprint density at radius 3 is 1.70 bits per heavy atom. The molecule has 0 saturated heterocycles. The number of hydrogen-bond donors (Lipinski definition) is 0. The van der Waals surface area contributed by atoms with Crippen LogP contribution in [0.25, 0.3) is 0 Å². The van der Waals surface area contributed by atoms with E-state index in [4.69, 9.17) is 9.47 Å². The Kier molecular flexibility index (Phi) is 14.0. The predicted molar refractivity (Wildman–Crippen MR) is 106 cm³/mol. The molecule has 132 valence electrons. The third-order valence-corrected chi connectivity index (χ3v) is 4.60. The highest BCUT2D eigenvalue weighted by Crippen LogP contribution is 2.12. The first kappa shape index (κ1) is 20.9. The van der Waals surface area contributed by atoms with Crippen molar-refractivity contribution in [3.8, 4) is 0 Å². The van der Waals surface area contributed by atoms with Gasteiger partial charge in [-0.25, -0.2) is 0 Å². The lowest BCUT2D eigenvalue weighted by molar-refractivity contribution is 0.126. The van der Waals surface area contributed by atoms with Crippen LogP contribution in [0.15, 0.2) is 30.3 Å². The average Bonchev–Trinajstić information content (AvgIpc) is 2.60. The van der Waals surface area contributed by atoms with Gasteiger partial charge in [-0.15, -0.1) is 0 Å². The molecule has 0 fully saturated rings. The zero-order valence-electron chi connectivity index (χ0n) is 13.9. The van der Waals surface area contributed by atoms with Crippen LogP contribution in [-0.2, 0) is 9.47 Å². The summed E-state index contributed by atoms with van der Waals surface area (Å²) in [7, 11) is 0. The first-order valence-corrected chi connectivity index (χ1v) is 10.7. The van der Waals surface area contributed by atoms with E-state index in [1.54, 1.807) is 0 Å². The van der Waals surface area contributed by atoms with Crippen molar-refractivity contribution in [2.24, 2.45) is 0 Å². The first-order valence-electron chi connectivity index (χ1n) is 8.46. The van der Waals surface area contributed by atoms with E-state index in [2.05, 4.69) is 67.1 Å². The summed E-state index contributed by atoms with van der Waals surface area (Å²) in [5.41, 5.74) is 1.24. The van der Waals surface area contributed by atoms with Gasteiger partial charge >= 0.3 is 0 Å². The predicted octanol–water partition coefficient (Wildman–Crippen LogP) is 4.88. The van der Waals surface area contributed by atoms with Crippen LogP contribution in [0.3, 0.4) is 0 Å². The topological polar surface area (TPSA) is 21.7 Å². The molecular formula is C18H29Br2NO2. The van der Waals surface area contributed by atoms with Gasteiger partial charge in [0.1, 0.15) is 0 Å². The van der Waals surface area contributed by atoms with Gasteiger partial charge in [-0.3, -0.25) is 0 Å². The quantitative estimate of drug-likeness (QED) is 0.281. The van der Waals surface area contributed by atoms with Crippen LogP contribution in [0.4, 0.5) is 5.69 Å². The molecule has 0 aliphatic carbocycles. The maximum absolute atomic E-state index is 5.74. The second-order valence-electron chi connectivity index (χ2n) is 5.34. The van der Waals surface area contributed by atoms with Gasteiger partial charge in [0.25, 0.3) is 0 Å². The van der Waals surface area contributed by atoms with E-state index in [9.17, 15) is 0 Å². The highest BCUT2D eigenvalue weighted by atomic mass is 79.9. The maximum atomic E-state index is 5.74. The minimum absolute atomic E-state index is 0.765. The van der Waals surface area contributed by atoms with E-state index in [1.807, 2.05) is 0 Å². The fourth-order valence-corrected chi connectivity index (χ4v) is 2.95.